The molecule has 1 aliphatic rings. The van der Waals surface area contributed by atoms with Gasteiger partial charge in [-0.1, -0.05) is 0 Å². The average Bonchev–Trinajstić information content (AvgIpc) is 2.10. The van der Waals surface area contributed by atoms with Gasteiger partial charge in [0.2, 0.25) is 0 Å². The Morgan fingerprint density at radius 1 is 1.50 bits per heavy atom. The van der Waals surface area contributed by atoms with Gasteiger partial charge in [-0.25, -0.2) is 4.79 Å². The molecule has 1 rings (SSSR count). The van der Waals surface area contributed by atoms with Crippen molar-refractivity contribution in [2.75, 3.05) is 13.1 Å². The number of rotatable bonds is 0. The number of carbonyl (C=O) groups is 1. The van der Waals surface area contributed by atoms with Crippen molar-refractivity contribution in [3.05, 3.63) is 0 Å². The minimum Gasteiger partial charge on any atom is -0.444 e. The number of hydrogen-bond acceptors (Lipinski definition) is 3. The van der Waals surface area contributed by atoms with E-state index in [1.54, 1.807) is 20.8 Å². The molecular formula is C10H19NO3. The van der Waals surface area contributed by atoms with Crippen LogP contribution in [0.4, 0.5) is 4.79 Å². The van der Waals surface area contributed by atoms with Crippen molar-refractivity contribution >= 4 is 6.09 Å². The predicted molar refractivity (Wildman–Crippen MR) is 53.0 cm³/mol. The number of piperidine rings is 1. The van der Waals surface area contributed by atoms with E-state index in [4.69, 9.17) is 10.2 Å². The average molecular weight is 205 g/mol. The summed E-state index contributed by atoms with van der Waals surface area (Å²) in [6, 6.07) is 0. The molecule has 0 unspecified atom stereocenters. The van der Waals surface area contributed by atoms with Crippen LogP contribution in [0.3, 0.4) is 0 Å². The zero-order valence-electron chi connectivity index (χ0n) is 12.7. The lowest BCUT2D eigenvalue weighted by Crippen LogP contribution is -2.42. The summed E-state index contributed by atoms with van der Waals surface area (Å²) in [7, 11) is 0. The second kappa shape index (κ2) is 4.17. The van der Waals surface area contributed by atoms with E-state index in [0.29, 0.717) is 0 Å². The molecule has 1 amide bonds. The van der Waals surface area contributed by atoms with Crippen molar-refractivity contribution in [2.45, 2.75) is 45.2 Å². The highest BCUT2D eigenvalue weighted by Gasteiger charge is 2.25. The minimum absolute atomic E-state index is 0.386. The third-order valence-corrected chi connectivity index (χ3v) is 1.60. The van der Waals surface area contributed by atoms with Gasteiger partial charge in [0.1, 0.15) is 5.60 Å². The van der Waals surface area contributed by atoms with Crippen LogP contribution in [0.15, 0.2) is 0 Å². The number of carbonyl (C=O) groups excluding carboxylic acids is 1. The Bertz CT molecular complexity index is 323. The van der Waals surface area contributed by atoms with Gasteiger partial charge in [0.15, 0.2) is 0 Å². The van der Waals surface area contributed by atoms with Crippen LogP contribution < -0.4 is 0 Å². The lowest BCUT2D eigenvalue weighted by atomic mass is 10.1. The van der Waals surface area contributed by atoms with E-state index in [2.05, 4.69) is 0 Å². The summed E-state index contributed by atoms with van der Waals surface area (Å²) in [5.41, 5.74) is -0.730. The van der Waals surface area contributed by atoms with E-state index in [0.717, 1.165) is 4.90 Å². The number of aliphatic hydroxyl groups excluding tert-OH is 1. The third-order valence-electron chi connectivity index (χ3n) is 1.60. The molecule has 0 aliphatic carbocycles. The number of hydrogen-bond donors (Lipinski definition) is 1. The van der Waals surface area contributed by atoms with Crippen LogP contribution in [-0.4, -0.2) is 40.9 Å². The molecular weight excluding hydrogens is 182 g/mol. The zero-order valence-corrected chi connectivity index (χ0v) is 8.70. The van der Waals surface area contributed by atoms with Crippen LogP contribution in [-0.2, 0) is 4.74 Å². The lowest BCUT2D eigenvalue weighted by Gasteiger charge is -2.31. The summed E-state index contributed by atoms with van der Waals surface area (Å²) in [5, 5.41) is 9.57. The lowest BCUT2D eigenvalue weighted by molar-refractivity contribution is 0.0101. The number of nitrogens with zero attached hydrogens (tertiary/aromatic N) is 1. The van der Waals surface area contributed by atoms with Crippen molar-refractivity contribution in [3.63, 3.8) is 0 Å². The molecule has 4 nitrogen and oxygen atoms in total. The quantitative estimate of drug-likeness (QED) is 0.650. The van der Waals surface area contributed by atoms with Crippen molar-refractivity contribution < 1.29 is 20.1 Å². The summed E-state index contributed by atoms with van der Waals surface area (Å²) < 4.78 is 35.4. The van der Waals surface area contributed by atoms with Crippen LogP contribution in [0.2, 0.25) is 0 Å². The van der Waals surface area contributed by atoms with Gasteiger partial charge in [-0.05, 0) is 33.5 Å². The third kappa shape index (κ3) is 3.54. The maximum Gasteiger partial charge on any atom is 0.410 e. The zero-order chi connectivity index (χ0) is 14.4. The van der Waals surface area contributed by atoms with Crippen LogP contribution in [0.5, 0.6) is 0 Å². The van der Waals surface area contributed by atoms with E-state index in [1.807, 2.05) is 0 Å². The van der Waals surface area contributed by atoms with E-state index >= 15 is 0 Å². The van der Waals surface area contributed by atoms with E-state index in [-0.39, 0.29) is 13.1 Å². The Morgan fingerprint density at radius 3 is 2.43 bits per heavy atom. The van der Waals surface area contributed by atoms with Gasteiger partial charge in [-0.15, -0.1) is 0 Å². The SMILES string of the molecule is [2H]C1([2H])CN(C(=O)OC(C)(C)C)CC([2H])([2H])C1O. The molecule has 0 aromatic rings. The molecule has 0 bridgehead atoms. The maximum atomic E-state index is 11.8. The van der Waals surface area contributed by atoms with Crippen molar-refractivity contribution in [1.82, 2.24) is 4.90 Å². The highest BCUT2D eigenvalue weighted by atomic mass is 16.6. The molecule has 14 heavy (non-hydrogen) atoms. The summed E-state index contributed by atoms with van der Waals surface area (Å²) in [6.45, 7) is 4.25. The summed E-state index contributed by atoms with van der Waals surface area (Å²) in [6.07, 6.45) is -6.93. The fraction of sp³-hybridized carbons (Fsp3) is 0.900. The van der Waals surface area contributed by atoms with Crippen molar-refractivity contribution in [3.8, 4) is 0 Å². The molecule has 1 N–H and O–H groups in total. The Kier molecular flexibility index (Phi) is 1.99. The molecule has 0 spiro atoms. The molecule has 1 fully saturated rings. The monoisotopic (exact) mass is 205 g/mol. The fourth-order valence-corrected chi connectivity index (χ4v) is 0.977. The molecule has 1 aliphatic heterocycles. The molecule has 0 radical (unpaired) electrons. The van der Waals surface area contributed by atoms with Gasteiger partial charge in [0.05, 0.1) is 6.10 Å². The number of amides is 1. The van der Waals surface area contributed by atoms with E-state index < -0.39 is 30.5 Å². The highest BCUT2D eigenvalue weighted by molar-refractivity contribution is 5.68. The first-order valence-electron chi connectivity index (χ1n) is 6.51. The highest BCUT2D eigenvalue weighted by Crippen LogP contribution is 2.14. The first kappa shape index (κ1) is 6.67. The first-order valence-corrected chi connectivity index (χ1v) is 4.51. The van der Waals surface area contributed by atoms with Gasteiger partial charge in [0.25, 0.3) is 0 Å². The van der Waals surface area contributed by atoms with Crippen LogP contribution in [0.1, 0.15) is 39.0 Å². The summed E-state index contributed by atoms with van der Waals surface area (Å²) >= 11 is 0. The fourth-order valence-electron chi connectivity index (χ4n) is 0.977. The maximum absolute atomic E-state index is 11.8. The smallest absolute Gasteiger partial charge is 0.410 e. The van der Waals surface area contributed by atoms with E-state index in [9.17, 15) is 9.90 Å². The van der Waals surface area contributed by atoms with Gasteiger partial charge in [0, 0.05) is 18.6 Å². The van der Waals surface area contributed by atoms with Gasteiger partial charge >= 0.3 is 6.09 Å². The predicted octanol–water partition coefficient (Wildman–Crippen LogP) is 1.38. The van der Waals surface area contributed by atoms with Gasteiger partial charge in [-0.2, -0.15) is 0 Å². The minimum atomic E-state index is -2.20. The largest absolute Gasteiger partial charge is 0.444 e. The topological polar surface area (TPSA) is 49.8 Å². The molecule has 0 atom stereocenters. The van der Waals surface area contributed by atoms with Crippen LogP contribution in [0, 0.1) is 0 Å². The van der Waals surface area contributed by atoms with Gasteiger partial charge in [-0.3, -0.25) is 0 Å². The molecule has 0 saturated carbocycles. The Labute approximate surface area is 90.5 Å². The molecule has 82 valence electrons. The number of ether oxygens (including phenoxy) is 1. The Morgan fingerprint density at radius 2 is 2.00 bits per heavy atom. The normalized spacial score (nSPS) is 31.0. The van der Waals surface area contributed by atoms with Crippen LogP contribution in [0.25, 0.3) is 0 Å². The Balaban J connectivity index is 2.84. The molecule has 0 aromatic heterocycles. The van der Waals surface area contributed by atoms with Crippen LogP contribution >= 0.6 is 0 Å². The number of likely N-dealkylation sites (tertiary alicyclic amines) is 1. The summed E-state index contributed by atoms with van der Waals surface area (Å²) in [4.78, 5) is 12.7. The molecule has 0 aromatic carbocycles. The first-order chi connectivity index (χ1) is 7.85. The van der Waals surface area contributed by atoms with Gasteiger partial charge < -0.3 is 14.7 Å². The van der Waals surface area contributed by atoms with Crippen molar-refractivity contribution in [1.29, 1.82) is 0 Å². The molecule has 1 heterocycles. The second-order valence-electron chi connectivity index (χ2n) is 4.15. The standard InChI is InChI=1S/C10H19NO3/c1-10(2,3)14-9(13)11-6-4-8(12)5-7-11/h8,12H,4-7H2,1-3H3/i4D2,5D2. The summed E-state index contributed by atoms with van der Waals surface area (Å²) in [5.74, 6) is 0. The second-order valence-corrected chi connectivity index (χ2v) is 4.15. The van der Waals surface area contributed by atoms with E-state index in [1.165, 1.54) is 0 Å². The molecule has 4 heteroatoms. The van der Waals surface area contributed by atoms with Crippen molar-refractivity contribution in [2.24, 2.45) is 0 Å². The molecule has 1 saturated heterocycles. The Hall–Kier alpha value is -0.770. The number of aliphatic hydroxyl groups is 1.